The van der Waals surface area contributed by atoms with Crippen molar-refractivity contribution >= 4 is 5.69 Å². The Balaban J connectivity index is 1.65. The van der Waals surface area contributed by atoms with E-state index in [9.17, 15) is 10.1 Å². The fraction of sp³-hybridized carbons (Fsp3) is 0.600. The molecule has 0 aliphatic heterocycles. The molecule has 0 saturated heterocycles. The molecule has 0 spiro atoms. The number of nitrogens with one attached hydrogen (secondary N) is 1. The quantitative estimate of drug-likeness (QED) is 0.629. The van der Waals surface area contributed by atoms with Gasteiger partial charge < -0.3 is 5.32 Å². The van der Waals surface area contributed by atoms with Gasteiger partial charge in [-0.3, -0.25) is 10.1 Å². The van der Waals surface area contributed by atoms with Crippen molar-refractivity contribution in [3.8, 4) is 0 Å². The molecule has 102 valence electrons. The zero-order valence-corrected chi connectivity index (χ0v) is 11.2. The first-order valence-corrected chi connectivity index (χ1v) is 7.15. The lowest BCUT2D eigenvalue weighted by molar-refractivity contribution is -0.384. The van der Waals surface area contributed by atoms with Gasteiger partial charge in [0.2, 0.25) is 0 Å². The van der Waals surface area contributed by atoms with Crippen molar-refractivity contribution in [2.24, 2.45) is 11.8 Å². The molecule has 2 aliphatic carbocycles. The van der Waals surface area contributed by atoms with Crippen molar-refractivity contribution in [1.29, 1.82) is 0 Å². The van der Waals surface area contributed by atoms with Crippen molar-refractivity contribution < 1.29 is 4.92 Å². The van der Waals surface area contributed by atoms with Crippen LogP contribution in [0.2, 0.25) is 0 Å². The van der Waals surface area contributed by atoms with E-state index in [1.54, 1.807) is 12.1 Å². The Hall–Kier alpha value is -1.42. The maximum Gasteiger partial charge on any atom is 0.269 e. The van der Waals surface area contributed by atoms with E-state index in [4.69, 9.17) is 0 Å². The van der Waals surface area contributed by atoms with Crippen LogP contribution in [0, 0.1) is 22.0 Å². The molecule has 19 heavy (non-hydrogen) atoms. The van der Waals surface area contributed by atoms with Gasteiger partial charge in [-0.25, -0.2) is 0 Å². The highest BCUT2D eigenvalue weighted by molar-refractivity contribution is 5.34. The number of hydrogen-bond donors (Lipinski definition) is 1. The molecule has 2 fully saturated rings. The number of non-ortho nitro benzene ring substituents is 1. The number of nitro groups is 1. The number of nitro benzene ring substituents is 1. The van der Waals surface area contributed by atoms with Crippen LogP contribution in [-0.4, -0.2) is 11.0 Å². The van der Waals surface area contributed by atoms with Crippen LogP contribution < -0.4 is 5.32 Å². The summed E-state index contributed by atoms with van der Waals surface area (Å²) in [4.78, 5) is 10.3. The number of rotatable bonds is 6. The lowest BCUT2D eigenvalue weighted by Gasteiger charge is -2.23. The van der Waals surface area contributed by atoms with Gasteiger partial charge in [-0.05, 0) is 50.0 Å². The molecule has 0 bridgehead atoms. The average molecular weight is 260 g/mol. The Morgan fingerprint density at radius 1 is 1.16 bits per heavy atom. The minimum absolute atomic E-state index is 0.164. The highest BCUT2D eigenvalue weighted by atomic mass is 16.6. The zero-order chi connectivity index (χ0) is 13.4. The summed E-state index contributed by atoms with van der Waals surface area (Å²) < 4.78 is 0. The molecule has 0 heterocycles. The number of nitrogens with zero attached hydrogens (tertiary/aromatic N) is 1. The van der Waals surface area contributed by atoms with E-state index < -0.39 is 0 Å². The Labute approximate surface area is 113 Å². The van der Waals surface area contributed by atoms with Gasteiger partial charge in [0, 0.05) is 24.2 Å². The SMILES string of the molecule is CC(NC(C1CC1)C1CC1)c1ccc([N+](=O)[O-])cc1. The largest absolute Gasteiger partial charge is 0.307 e. The second kappa shape index (κ2) is 4.93. The topological polar surface area (TPSA) is 55.2 Å². The van der Waals surface area contributed by atoms with Gasteiger partial charge in [-0.15, -0.1) is 0 Å². The monoisotopic (exact) mass is 260 g/mol. The van der Waals surface area contributed by atoms with E-state index in [-0.39, 0.29) is 16.7 Å². The summed E-state index contributed by atoms with van der Waals surface area (Å²) in [5.41, 5.74) is 1.30. The minimum Gasteiger partial charge on any atom is -0.307 e. The third-order valence-electron chi connectivity index (χ3n) is 4.31. The first kappa shape index (κ1) is 12.6. The Bertz CT molecular complexity index is 452. The first-order chi connectivity index (χ1) is 9.15. The molecule has 0 amide bonds. The fourth-order valence-corrected chi connectivity index (χ4v) is 2.84. The third-order valence-corrected chi connectivity index (χ3v) is 4.31. The average Bonchev–Trinajstić information content (AvgIpc) is 3.29. The van der Waals surface area contributed by atoms with Crippen LogP contribution in [0.4, 0.5) is 5.69 Å². The molecule has 0 aromatic heterocycles. The van der Waals surface area contributed by atoms with E-state index in [1.165, 1.54) is 25.7 Å². The molecular weight excluding hydrogens is 240 g/mol. The first-order valence-electron chi connectivity index (χ1n) is 7.15. The molecule has 3 rings (SSSR count). The summed E-state index contributed by atoms with van der Waals surface area (Å²) in [6.45, 7) is 2.15. The molecule has 1 aromatic rings. The molecule has 2 saturated carbocycles. The molecule has 1 atom stereocenters. The van der Waals surface area contributed by atoms with Gasteiger partial charge in [0.25, 0.3) is 5.69 Å². The van der Waals surface area contributed by atoms with Gasteiger partial charge in [-0.2, -0.15) is 0 Å². The summed E-state index contributed by atoms with van der Waals surface area (Å²) in [6, 6.07) is 7.85. The number of hydrogen-bond acceptors (Lipinski definition) is 3. The molecule has 1 unspecified atom stereocenters. The predicted molar refractivity (Wildman–Crippen MR) is 73.9 cm³/mol. The van der Waals surface area contributed by atoms with Crippen LogP contribution in [0.3, 0.4) is 0 Å². The van der Waals surface area contributed by atoms with E-state index in [0.29, 0.717) is 6.04 Å². The van der Waals surface area contributed by atoms with Crippen molar-refractivity contribution in [3.63, 3.8) is 0 Å². The molecule has 1 aromatic carbocycles. The van der Waals surface area contributed by atoms with E-state index >= 15 is 0 Å². The molecular formula is C15H20N2O2. The van der Waals surface area contributed by atoms with E-state index in [1.807, 2.05) is 12.1 Å². The zero-order valence-electron chi connectivity index (χ0n) is 11.2. The van der Waals surface area contributed by atoms with Gasteiger partial charge in [-0.1, -0.05) is 12.1 Å². The molecule has 2 aliphatic rings. The summed E-state index contributed by atoms with van der Waals surface area (Å²) in [5, 5.41) is 14.4. The van der Waals surface area contributed by atoms with Crippen LogP contribution in [0.15, 0.2) is 24.3 Å². The Kier molecular flexibility index (Phi) is 3.27. The molecule has 0 radical (unpaired) electrons. The van der Waals surface area contributed by atoms with Crippen molar-refractivity contribution in [1.82, 2.24) is 5.32 Å². The Morgan fingerprint density at radius 2 is 1.68 bits per heavy atom. The summed E-state index contributed by atoms with van der Waals surface area (Å²) in [5.74, 6) is 1.74. The maximum absolute atomic E-state index is 10.6. The van der Waals surface area contributed by atoms with Crippen LogP contribution >= 0.6 is 0 Å². The molecule has 1 N–H and O–H groups in total. The minimum atomic E-state index is -0.348. The third kappa shape index (κ3) is 2.95. The summed E-state index contributed by atoms with van der Waals surface area (Å²) in [6.07, 6.45) is 5.45. The summed E-state index contributed by atoms with van der Waals surface area (Å²) >= 11 is 0. The van der Waals surface area contributed by atoms with Gasteiger partial charge >= 0.3 is 0 Å². The Morgan fingerprint density at radius 3 is 2.11 bits per heavy atom. The van der Waals surface area contributed by atoms with Gasteiger partial charge in [0.15, 0.2) is 0 Å². The van der Waals surface area contributed by atoms with Crippen molar-refractivity contribution in [2.75, 3.05) is 0 Å². The van der Waals surface area contributed by atoms with E-state index in [0.717, 1.165) is 17.4 Å². The summed E-state index contributed by atoms with van der Waals surface area (Å²) in [7, 11) is 0. The number of benzene rings is 1. The highest BCUT2D eigenvalue weighted by Crippen LogP contribution is 2.45. The van der Waals surface area contributed by atoms with Crippen LogP contribution in [0.5, 0.6) is 0 Å². The van der Waals surface area contributed by atoms with Crippen molar-refractivity contribution in [2.45, 2.75) is 44.7 Å². The van der Waals surface area contributed by atoms with Crippen LogP contribution in [0.1, 0.15) is 44.2 Å². The fourth-order valence-electron chi connectivity index (χ4n) is 2.84. The smallest absolute Gasteiger partial charge is 0.269 e. The standard InChI is InChI=1S/C15H20N2O2/c1-10(11-6-8-14(9-7-11)17(18)19)16-15(12-2-3-12)13-4-5-13/h6-10,12-13,15-16H,2-5H2,1H3. The van der Waals surface area contributed by atoms with E-state index in [2.05, 4.69) is 12.2 Å². The van der Waals surface area contributed by atoms with Crippen LogP contribution in [0.25, 0.3) is 0 Å². The predicted octanol–water partition coefficient (Wildman–Crippen LogP) is 3.43. The second-order valence-corrected chi connectivity index (χ2v) is 5.94. The van der Waals surface area contributed by atoms with Gasteiger partial charge in [0.05, 0.1) is 4.92 Å². The lowest BCUT2D eigenvalue weighted by atomic mass is 10.0. The highest BCUT2D eigenvalue weighted by Gasteiger charge is 2.41. The molecule has 4 heteroatoms. The lowest BCUT2D eigenvalue weighted by Crippen LogP contribution is -2.35. The normalized spacial score (nSPS) is 20.5. The van der Waals surface area contributed by atoms with Crippen LogP contribution in [-0.2, 0) is 0 Å². The molecule has 4 nitrogen and oxygen atoms in total. The maximum atomic E-state index is 10.6. The van der Waals surface area contributed by atoms with Crippen molar-refractivity contribution in [3.05, 3.63) is 39.9 Å². The van der Waals surface area contributed by atoms with Gasteiger partial charge in [0.1, 0.15) is 0 Å². The second-order valence-electron chi connectivity index (χ2n) is 5.94.